The van der Waals surface area contributed by atoms with Crippen LogP contribution in [0.1, 0.15) is 16.8 Å². The molecule has 0 saturated carbocycles. The van der Waals surface area contributed by atoms with E-state index < -0.39 is 0 Å². The van der Waals surface area contributed by atoms with Crippen molar-refractivity contribution < 1.29 is 10.0 Å². The number of nitrogens with one attached hydrogen (secondary N) is 1. The molecule has 0 heterocycles. The first kappa shape index (κ1) is 14.0. The molecule has 17 heavy (non-hydrogen) atoms. The molecule has 0 aliphatic heterocycles. The highest BCUT2D eigenvalue weighted by Gasteiger charge is 2.09. The smallest absolute Gasteiger partial charge is 0.252 e. The maximum atomic E-state index is 11.8. The molecule has 0 fully saturated rings. The zero-order valence-electron chi connectivity index (χ0n) is 8.78. The van der Waals surface area contributed by atoms with Crippen molar-refractivity contribution >= 4 is 43.6 Å². The monoisotopic (exact) mass is 363 g/mol. The van der Waals surface area contributed by atoms with Crippen molar-refractivity contribution in [3.05, 3.63) is 32.7 Å². The lowest BCUT2D eigenvalue weighted by Crippen LogP contribution is -2.28. The number of amides is 1. The minimum atomic E-state index is -0.219. The summed E-state index contributed by atoms with van der Waals surface area (Å²) in [5.41, 5.74) is 5.81. The van der Waals surface area contributed by atoms with Gasteiger partial charge in [0.2, 0.25) is 0 Å². The topological polar surface area (TPSA) is 87.7 Å². The van der Waals surface area contributed by atoms with E-state index in [1.807, 2.05) is 6.07 Å². The number of carbonyl (C=O) groups is 1. The first-order chi connectivity index (χ1) is 8.04. The van der Waals surface area contributed by atoms with Crippen LogP contribution in [-0.4, -0.2) is 23.5 Å². The Morgan fingerprint density at radius 2 is 2.18 bits per heavy atom. The molecule has 1 amide bonds. The van der Waals surface area contributed by atoms with E-state index in [-0.39, 0.29) is 11.7 Å². The Hall–Kier alpha value is -1.08. The SMILES string of the molecule is N/C(CCNC(=O)c1cc(Br)ccc1Br)=N/O. The molecule has 4 N–H and O–H groups in total. The zero-order valence-corrected chi connectivity index (χ0v) is 12.0. The standard InChI is InChI=1S/C10H11Br2N3O2/c11-6-1-2-8(12)7(5-6)10(16)14-4-3-9(13)15-17/h1-2,5,17H,3-4H2,(H2,13,15)(H,14,16). The number of nitrogens with two attached hydrogens (primary N) is 1. The van der Waals surface area contributed by atoms with Gasteiger partial charge in [-0.1, -0.05) is 21.1 Å². The zero-order chi connectivity index (χ0) is 12.8. The van der Waals surface area contributed by atoms with Gasteiger partial charge in [-0.2, -0.15) is 0 Å². The molecule has 7 heteroatoms. The van der Waals surface area contributed by atoms with Crippen molar-refractivity contribution in [3.63, 3.8) is 0 Å². The fourth-order valence-corrected chi connectivity index (χ4v) is 1.91. The van der Waals surface area contributed by atoms with Crippen LogP contribution in [0.2, 0.25) is 0 Å². The van der Waals surface area contributed by atoms with Crippen molar-refractivity contribution in [2.45, 2.75) is 6.42 Å². The largest absolute Gasteiger partial charge is 0.409 e. The van der Waals surface area contributed by atoms with E-state index in [1.165, 1.54) is 0 Å². The summed E-state index contributed by atoms with van der Waals surface area (Å²) in [6, 6.07) is 5.32. The van der Waals surface area contributed by atoms with Gasteiger partial charge < -0.3 is 16.3 Å². The molecule has 5 nitrogen and oxygen atoms in total. The molecule has 0 radical (unpaired) electrons. The third kappa shape index (κ3) is 4.35. The number of hydrogen-bond donors (Lipinski definition) is 3. The summed E-state index contributed by atoms with van der Waals surface area (Å²) >= 11 is 6.59. The molecule has 0 spiro atoms. The summed E-state index contributed by atoms with van der Waals surface area (Å²) in [6.07, 6.45) is 0.299. The summed E-state index contributed by atoms with van der Waals surface area (Å²) in [5, 5.41) is 13.8. The summed E-state index contributed by atoms with van der Waals surface area (Å²) in [6.45, 7) is 0.313. The Bertz CT molecular complexity index is 449. The summed E-state index contributed by atoms with van der Waals surface area (Å²) in [5.74, 6) is -0.137. The van der Waals surface area contributed by atoms with Gasteiger partial charge in [-0.05, 0) is 34.1 Å². The summed E-state index contributed by atoms with van der Waals surface area (Å²) in [7, 11) is 0. The Morgan fingerprint density at radius 1 is 1.47 bits per heavy atom. The highest BCUT2D eigenvalue weighted by atomic mass is 79.9. The Kier molecular flexibility index (Phi) is 5.43. The number of rotatable bonds is 4. The second-order valence-corrected chi connectivity index (χ2v) is 4.99. The van der Waals surface area contributed by atoms with Gasteiger partial charge in [0, 0.05) is 21.9 Å². The van der Waals surface area contributed by atoms with Gasteiger partial charge in [0.15, 0.2) is 0 Å². The Morgan fingerprint density at radius 3 is 2.82 bits per heavy atom. The quantitative estimate of drug-likeness (QED) is 0.331. The number of oxime groups is 1. The maximum Gasteiger partial charge on any atom is 0.252 e. The minimum absolute atomic E-state index is 0.0820. The second-order valence-electron chi connectivity index (χ2n) is 3.22. The maximum absolute atomic E-state index is 11.8. The molecular weight excluding hydrogens is 354 g/mol. The van der Waals surface area contributed by atoms with Gasteiger partial charge in [0.25, 0.3) is 5.91 Å². The van der Waals surface area contributed by atoms with Gasteiger partial charge in [0.05, 0.1) is 5.56 Å². The first-order valence-electron chi connectivity index (χ1n) is 4.74. The van der Waals surface area contributed by atoms with Crippen molar-refractivity contribution in [1.29, 1.82) is 0 Å². The van der Waals surface area contributed by atoms with Gasteiger partial charge in [-0.25, -0.2) is 0 Å². The predicted octanol–water partition coefficient (Wildman–Crippen LogP) is 2.08. The van der Waals surface area contributed by atoms with Crippen LogP contribution in [0, 0.1) is 0 Å². The van der Waals surface area contributed by atoms with E-state index in [0.717, 1.165) is 4.47 Å². The van der Waals surface area contributed by atoms with Crippen LogP contribution in [-0.2, 0) is 0 Å². The lowest BCUT2D eigenvalue weighted by molar-refractivity contribution is 0.0954. The molecule has 0 atom stereocenters. The van der Waals surface area contributed by atoms with Crippen LogP contribution < -0.4 is 11.1 Å². The molecule has 0 aliphatic carbocycles. The van der Waals surface area contributed by atoms with Crippen LogP contribution in [0.25, 0.3) is 0 Å². The molecule has 1 aromatic rings. The van der Waals surface area contributed by atoms with Crippen LogP contribution in [0.4, 0.5) is 0 Å². The fraction of sp³-hybridized carbons (Fsp3) is 0.200. The first-order valence-corrected chi connectivity index (χ1v) is 6.33. The number of amidine groups is 1. The number of carbonyl (C=O) groups excluding carboxylic acids is 1. The van der Waals surface area contributed by atoms with E-state index in [2.05, 4.69) is 42.3 Å². The molecule has 0 unspecified atom stereocenters. The Labute approximate surface area is 115 Å². The lowest BCUT2D eigenvalue weighted by Gasteiger charge is -2.06. The average Bonchev–Trinajstić information content (AvgIpc) is 2.31. The molecule has 0 bridgehead atoms. The molecule has 0 aliphatic rings. The molecule has 0 aromatic heterocycles. The number of nitrogens with zero attached hydrogens (tertiary/aromatic N) is 1. The van der Waals surface area contributed by atoms with Gasteiger partial charge in [0.1, 0.15) is 5.84 Å². The normalized spacial score (nSPS) is 11.3. The third-order valence-corrected chi connectivity index (χ3v) is 3.15. The number of benzene rings is 1. The van der Waals surface area contributed by atoms with Crippen LogP contribution in [0.15, 0.2) is 32.3 Å². The minimum Gasteiger partial charge on any atom is -0.409 e. The highest BCUT2D eigenvalue weighted by molar-refractivity contribution is 9.11. The highest BCUT2D eigenvalue weighted by Crippen LogP contribution is 2.21. The summed E-state index contributed by atoms with van der Waals surface area (Å²) in [4.78, 5) is 11.8. The third-order valence-electron chi connectivity index (χ3n) is 1.97. The van der Waals surface area contributed by atoms with E-state index >= 15 is 0 Å². The molecule has 1 aromatic carbocycles. The average molecular weight is 365 g/mol. The number of halogens is 2. The molecule has 0 saturated heterocycles. The number of hydrogen-bond acceptors (Lipinski definition) is 3. The molecule has 92 valence electrons. The van der Waals surface area contributed by atoms with Crippen molar-refractivity contribution in [2.75, 3.05) is 6.54 Å². The van der Waals surface area contributed by atoms with Gasteiger partial charge in [-0.15, -0.1) is 0 Å². The molecule has 1 rings (SSSR count). The van der Waals surface area contributed by atoms with Crippen molar-refractivity contribution in [3.8, 4) is 0 Å². The van der Waals surface area contributed by atoms with Crippen LogP contribution in [0.5, 0.6) is 0 Å². The summed E-state index contributed by atoms with van der Waals surface area (Å²) < 4.78 is 1.53. The fourth-order valence-electron chi connectivity index (χ4n) is 1.12. The van der Waals surface area contributed by atoms with Crippen LogP contribution in [0.3, 0.4) is 0 Å². The van der Waals surface area contributed by atoms with E-state index in [4.69, 9.17) is 10.9 Å². The van der Waals surface area contributed by atoms with Crippen LogP contribution >= 0.6 is 31.9 Å². The van der Waals surface area contributed by atoms with Crippen molar-refractivity contribution in [1.82, 2.24) is 5.32 Å². The van der Waals surface area contributed by atoms with E-state index in [0.29, 0.717) is 23.0 Å². The lowest BCUT2D eigenvalue weighted by atomic mass is 10.2. The van der Waals surface area contributed by atoms with Gasteiger partial charge >= 0.3 is 0 Å². The Balaban J connectivity index is 2.61. The van der Waals surface area contributed by atoms with E-state index in [1.54, 1.807) is 12.1 Å². The van der Waals surface area contributed by atoms with Gasteiger partial charge in [-0.3, -0.25) is 4.79 Å². The predicted molar refractivity (Wildman–Crippen MR) is 72.2 cm³/mol. The van der Waals surface area contributed by atoms with Crippen molar-refractivity contribution in [2.24, 2.45) is 10.9 Å². The molecular formula is C10H11Br2N3O2. The second kappa shape index (κ2) is 6.61. The van der Waals surface area contributed by atoms with E-state index in [9.17, 15) is 4.79 Å².